The quantitative estimate of drug-likeness (QED) is 0.910. The minimum Gasteiger partial charge on any atom is -0.452 e. The number of aromatic nitrogens is 1. The van der Waals surface area contributed by atoms with Crippen LogP contribution in [0.3, 0.4) is 0 Å². The first-order valence-corrected chi connectivity index (χ1v) is 6.56. The fraction of sp³-hybridized carbons (Fsp3) is 0.182. The van der Waals surface area contributed by atoms with Crippen LogP contribution in [0.15, 0.2) is 27.3 Å². The van der Waals surface area contributed by atoms with E-state index >= 15 is 0 Å². The second-order valence-electron chi connectivity index (χ2n) is 3.71. The van der Waals surface area contributed by atoms with E-state index in [1.54, 1.807) is 19.2 Å². The molecule has 0 aliphatic carbocycles. The number of aromatic amines is 1. The molecule has 0 unspecified atom stereocenters. The van der Waals surface area contributed by atoms with E-state index in [-0.39, 0.29) is 11.1 Å². The third kappa shape index (κ3) is 2.91. The zero-order valence-corrected chi connectivity index (χ0v) is 12.4. The van der Waals surface area contributed by atoms with E-state index in [0.717, 1.165) is 0 Å². The molecule has 1 N–H and O–H groups in total. The van der Waals surface area contributed by atoms with Crippen LogP contribution < -0.4 is 0 Å². The van der Waals surface area contributed by atoms with Gasteiger partial charge in [0, 0.05) is 7.05 Å². The van der Waals surface area contributed by atoms with Crippen LogP contribution in [0.25, 0.3) is 0 Å². The molecular weight excluding hydrogens is 343 g/mol. The van der Waals surface area contributed by atoms with Gasteiger partial charge in [-0.2, -0.15) is 0 Å². The van der Waals surface area contributed by atoms with Crippen molar-refractivity contribution < 1.29 is 9.21 Å². The lowest BCUT2D eigenvalue weighted by Gasteiger charge is -2.14. The van der Waals surface area contributed by atoms with Gasteiger partial charge in [-0.3, -0.25) is 4.79 Å². The average molecular weight is 352 g/mol. The van der Waals surface area contributed by atoms with Gasteiger partial charge in [0.1, 0.15) is 16.6 Å². The number of nitrogens with one attached hydrogen (secondary N) is 1. The molecule has 0 fully saturated rings. The van der Waals surface area contributed by atoms with Crippen molar-refractivity contribution >= 4 is 45.0 Å². The van der Waals surface area contributed by atoms with Gasteiger partial charge in [0.15, 0.2) is 4.67 Å². The lowest BCUT2D eigenvalue weighted by Crippen LogP contribution is -2.26. The molecular formula is C11H9BrCl2N2O2. The van der Waals surface area contributed by atoms with Crippen molar-refractivity contribution in [3.63, 3.8) is 0 Å². The first kappa shape index (κ1) is 13.5. The lowest BCUT2D eigenvalue weighted by molar-refractivity contribution is 0.0770. The van der Waals surface area contributed by atoms with Crippen molar-refractivity contribution in [1.29, 1.82) is 0 Å². The summed E-state index contributed by atoms with van der Waals surface area (Å²) in [6.45, 7) is 0.360. The Kier molecular flexibility index (Phi) is 4.04. The first-order chi connectivity index (χ1) is 8.47. The van der Waals surface area contributed by atoms with Gasteiger partial charge in [0.05, 0.1) is 11.6 Å². The Morgan fingerprint density at radius 2 is 2.22 bits per heavy atom. The molecule has 1 amide bonds. The van der Waals surface area contributed by atoms with Crippen molar-refractivity contribution in [2.75, 3.05) is 7.05 Å². The summed E-state index contributed by atoms with van der Waals surface area (Å²) in [5.41, 5.74) is 0.345. The maximum atomic E-state index is 12.0. The summed E-state index contributed by atoms with van der Waals surface area (Å²) in [5, 5.41) is 0.586. The Balaban J connectivity index is 2.09. The van der Waals surface area contributed by atoms with E-state index in [2.05, 4.69) is 20.9 Å². The van der Waals surface area contributed by atoms with Gasteiger partial charge in [-0.15, -0.1) is 0 Å². The standard InChI is InChI=1S/C11H9BrCl2N2O2/c1-16(5-6-2-3-9(12)18-6)11(17)8-4-7(13)10(14)15-8/h2-4,15H,5H2,1H3. The summed E-state index contributed by atoms with van der Waals surface area (Å²) in [7, 11) is 1.67. The Labute approximate surface area is 122 Å². The van der Waals surface area contributed by atoms with Crippen LogP contribution >= 0.6 is 39.1 Å². The molecule has 96 valence electrons. The minimum atomic E-state index is -0.212. The number of furan rings is 1. The van der Waals surface area contributed by atoms with E-state index in [1.165, 1.54) is 11.0 Å². The second kappa shape index (κ2) is 5.38. The normalized spacial score (nSPS) is 10.7. The van der Waals surface area contributed by atoms with Gasteiger partial charge in [-0.05, 0) is 34.1 Å². The van der Waals surface area contributed by atoms with Crippen LogP contribution in [0, 0.1) is 0 Å². The molecule has 0 saturated heterocycles. The van der Waals surface area contributed by atoms with E-state index < -0.39 is 0 Å². The SMILES string of the molecule is CN(Cc1ccc(Br)o1)C(=O)c1cc(Cl)c(Cl)[nH]1. The van der Waals surface area contributed by atoms with Gasteiger partial charge in [-0.1, -0.05) is 23.2 Å². The summed E-state index contributed by atoms with van der Waals surface area (Å²) in [4.78, 5) is 16.3. The lowest BCUT2D eigenvalue weighted by atomic mass is 10.3. The number of rotatable bonds is 3. The molecule has 0 bridgehead atoms. The fourth-order valence-electron chi connectivity index (χ4n) is 1.47. The van der Waals surface area contributed by atoms with Crippen LogP contribution in [0.4, 0.5) is 0 Å². The van der Waals surface area contributed by atoms with Crippen LogP contribution in [0.2, 0.25) is 10.2 Å². The molecule has 18 heavy (non-hydrogen) atoms. The third-order valence-electron chi connectivity index (χ3n) is 2.32. The highest BCUT2D eigenvalue weighted by Gasteiger charge is 2.17. The maximum Gasteiger partial charge on any atom is 0.270 e. The second-order valence-corrected chi connectivity index (χ2v) is 5.28. The number of hydrogen-bond donors (Lipinski definition) is 1. The Bertz CT molecular complexity index is 560. The van der Waals surface area contributed by atoms with Gasteiger partial charge < -0.3 is 14.3 Å². The molecule has 0 aromatic carbocycles. The summed E-state index contributed by atoms with van der Waals surface area (Å²) >= 11 is 14.7. The zero-order valence-electron chi connectivity index (χ0n) is 9.34. The molecule has 2 heterocycles. The number of halogens is 3. The molecule has 7 heteroatoms. The Hall–Kier alpha value is -0.910. The van der Waals surface area contributed by atoms with Crippen molar-refractivity contribution in [3.8, 4) is 0 Å². The van der Waals surface area contributed by atoms with Gasteiger partial charge in [-0.25, -0.2) is 0 Å². The largest absolute Gasteiger partial charge is 0.452 e. The molecule has 0 aliphatic rings. The van der Waals surface area contributed by atoms with E-state index in [4.69, 9.17) is 27.6 Å². The molecule has 0 atom stereocenters. The minimum absolute atomic E-state index is 0.212. The maximum absolute atomic E-state index is 12.0. The van der Waals surface area contributed by atoms with Crippen molar-refractivity contribution in [3.05, 3.63) is 44.5 Å². The number of amides is 1. The number of hydrogen-bond acceptors (Lipinski definition) is 2. The zero-order chi connectivity index (χ0) is 13.3. The van der Waals surface area contributed by atoms with Gasteiger partial charge in [0.25, 0.3) is 5.91 Å². The van der Waals surface area contributed by atoms with Crippen LogP contribution in [0.5, 0.6) is 0 Å². The topological polar surface area (TPSA) is 49.2 Å². The monoisotopic (exact) mass is 350 g/mol. The molecule has 4 nitrogen and oxygen atoms in total. The number of carbonyl (C=O) groups excluding carboxylic acids is 1. The van der Waals surface area contributed by atoms with Crippen molar-refractivity contribution in [2.24, 2.45) is 0 Å². The Morgan fingerprint density at radius 3 is 2.72 bits per heavy atom. The number of H-pyrrole nitrogens is 1. The fourth-order valence-corrected chi connectivity index (χ4v) is 2.12. The Morgan fingerprint density at radius 1 is 1.50 bits per heavy atom. The highest BCUT2D eigenvalue weighted by molar-refractivity contribution is 9.10. The average Bonchev–Trinajstić information content (AvgIpc) is 2.85. The predicted octanol–water partition coefficient (Wildman–Crippen LogP) is 3.95. The predicted molar refractivity (Wildman–Crippen MR) is 73.0 cm³/mol. The molecule has 0 saturated carbocycles. The molecule has 0 spiro atoms. The number of nitrogens with zero attached hydrogens (tertiary/aromatic N) is 1. The van der Waals surface area contributed by atoms with Gasteiger partial charge in [0.2, 0.25) is 0 Å². The van der Waals surface area contributed by atoms with E-state index in [9.17, 15) is 4.79 Å². The molecule has 2 aromatic heterocycles. The summed E-state index contributed by atoms with van der Waals surface area (Å²) in [6.07, 6.45) is 0. The molecule has 0 radical (unpaired) electrons. The summed E-state index contributed by atoms with van der Waals surface area (Å²) < 4.78 is 5.96. The van der Waals surface area contributed by atoms with Crippen molar-refractivity contribution in [1.82, 2.24) is 9.88 Å². The molecule has 0 aliphatic heterocycles. The van der Waals surface area contributed by atoms with Crippen LogP contribution in [-0.4, -0.2) is 22.8 Å². The third-order valence-corrected chi connectivity index (χ3v) is 3.44. The van der Waals surface area contributed by atoms with E-state index in [0.29, 0.717) is 27.7 Å². The highest BCUT2D eigenvalue weighted by atomic mass is 79.9. The van der Waals surface area contributed by atoms with Crippen LogP contribution in [0.1, 0.15) is 16.2 Å². The van der Waals surface area contributed by atoms with Crippen molar-refractivity contribution in [2.45, 2.75) is 6.54 Å². The van der Waals surface area contributed by atoms with Gasteiger partial charge >= 0.3 is 0 Å². The van der Waals surface area contributed by atoms with Crippen LogP contribution in [-0.2, 0) is 6.54 Å². The summed E-state index contributed by atoms with van der Waals surface area (Å²) in [6, 6.07) is 5.07. The smallest absolute Gasteiger partial charge is 0.270 e. The molecule has 2 rings (SSSR count). The molecule has 2 aromatic rings. The first-order valence-electron chi connectivity index (χ1n) is 5.01. The highest BCUT2D eigenvalue weighted by Crippen LogP contribution is 2.23. The van der Waals surface area contributed by atoms with E-state index in [1.807, 2.05) is 0 Å². The summed E-state index contributed by atoms with van der Waals surface area (Å²) in [5.74, 6) is 0.470. The number of carbonyl (C=O) groups is 1.